The molecule has 4 nitrogen and oxygen atoms in total. The Balaban J connectivity index is 2.19. The van der Waals surface area contributed by atoms with Crippen LogP contribution in [0.2, 0.25) is 0 Å². The highest BCUT2D eigenvalue weighted by molar-refractivity contribution is 7.91. The molecule has 0 saturated carbocycles. The molecule has 0 spiro atoms. The lowest BCUT2D eigenvalue weighted by molar-refractivity contribution is 0.115. The predicted octanol–water partition coefficient (Wildman–Crippen LogP) is 0.565. The smallest absolute Gasteiger partial charge is 0.150 e. The molecule has 1 aliphatic heterocycles. The molecule has 2 unspecified atom stereocenters. The number of ether oxygens (including phenoxy) is 1. The molecular formula is C10H21NO3S. The lowest BCUT2D eigenvalue weighted by Gasteiger charge is -2.15. The molecule has 0 bridgehead atoms. The third-order valence-corrected chi connectivity index (χ3v) is 4.48. The van der Waals surface area contributed by atoms with Crippen LogP contribution in [-0.4, -0.2) is 39.2 Å². The van der Waals surface area contributed by atoms with Gasteiger partial charge in [-0.1, -0.05) is 6.92 Å². The normalized spacial score (nSPS) is 26.7. The number of sulfone groups is 1. The Labute approximate surface area is 92.1 Å². The van der Waals surface area contributed by atoms with Crippen molar-refractivity contribution in [3.63, 3.8) is 0 Å². The van der Waals surface area contributed by atoms with E-state index in [-0.39, 0.29) is 12.0 Å². The van der Waals surface area contributed by atoms with Gasteiger partial charge in [-0.05, 0) is 25.2 Å². The fourth-order valence-corrected chi connectivity index (χ4v) is 3.81. The highest BCUT2D eigenvalue weighted by Gasteiger charge is 2.28. The van der Waals surface area contributed by atoms with Gasteiger partial charge in [0, 0.05) is 12.6 Å². The van der Waals surface area contributed by atoms with E-state index in [4.69, 9.17) is 10.5 Å². The molecule has 0 radical (unpaired) electrons. The second kappa shape index (κ2) is 5.82. The SMILES string of the molecule is CCCOCC(N)CC1CCS(=O)(=O)C1. The maximum Gasteiger partial charge on any atom is 0.150 e. The van der Waals surface area contributed by atoms with Gasteiger partial charge in [-0.15, -0.1) is 0 Å². The minimum absolute atomic E-state index is 0.0187. The molecule has 2 atom stereocenters. The quantitative estimate of drug-likeness (QED) is 0.683. The van der Waals surface area contributed by atoms with Gasteiger partial charge in [-0.25, -0.2) is 8.42 Å². The van der Waals surface area contributed by atoms with E-state index < -0.39 is 9.84 Å². The first-order valence-electron chi connectivity index (χ1n) is 5.57. The van der Waals surface area contributed by atoms with Gasteiger partial charge in [0.2, 0.25) is 0 Å². The monoisotopic (exact) mass is 235 g/mol. The Morgan fingerprint density at radius 3 is 2.80 bits per heavy atom. The molecule has 0 aromatic rings. The van der Waals surface area contributed by atoms with Crippen molar-refractivity contribution in [3.05, 3.63) is 0 Å². The van der Waals surface area contributed by atoms with Gasteiger partial charge in [0.25, 0.3) is 0 Å². The largest absolute Gasteiger partial charge is 0.380 e. The van der Waals surface area contributed by atoms with Crippen LogP contribution in [0.3, 0.4) is 0 Å². The highest BCUT2D eigenvalue weighted by atomic mass is 32.2. The van der Waals surface area contributed by atoms with Gasteiger partial charge in [0.05, 0.1) is 18.1 Å². The molecule has 1 aliphatic rings. The molecule has 1 fully saturated rings. The maximum absolute atomic E-state index is 11.2. The van der Waals surface area contributed by atoms with E-state index in [0.29, 0.717) is 18.1 Å². The summed E-state index contributed by atoms with van der Waals surface area (Å²) in [5.41, 5.74) is 5.86. The summed E-state index contributed by atoms with van der Waals surface area (Å²) in [6, 6.07) is -0.0187. The Hall–Kier alpha value is -0.130. The van der Waals surface area contributed by atoms with Gasteiger partial charge in [0.1, 0.15) is 0 Å². The third kappa shape index (κ3) is 4.95. The number of nitrogens with two attached hydrogens (primary N) is 1. The van der Waals surface area contributed by atoms with Crippen LogP contribution in [0.25, 0.3) is 0 Å². The van der Waals surface area contributed by atoms with Crippen LogP contribution in [0.5, 0.6) is 0 Å². The van der Waals surface area contributed by atoms with E-state index >= 15 is 0 Å². The highest BCUT2D eigenvalue weighted by Crippen LogP contribution is 2.22. The second-order valence-corrected chi connectivity index (χ2v) is 6.57. The van der Waals surface area contributed by atoms with E-state index in [2.05, 4.69) is 6.92 Å². The van der Waals surface area contributed by atoms with Gasteiger partial charge < -0.3 is 10.5 Å². The first-order chi connectivity index (χ1) is 7.03. The Morgan fingerprint density at radius 1 is 1.53 bits per heavy atom. The average molecular weight is 235 g/mol. The number of rotatable bonds is 6. The average Bonchev–Trinajstić information content (AvgIpc) is 2.46. The van der Waals surface area contributed by atoms with Crippen molar-refractivity contribution in [1.29, 1.82) is 0 Å². The first kappa shape index (κ1) is 12.9. The molecule has 1 rings (SSSR count). The number of hydrogen-bond acceptors (Lipinski definition) is 4. The molecule has 0 aliphatic carbocycles. The molecule has 0 aromatic carbocycles. The summed E-state index contributed by atoms with van der Waals surface area (Å²) >= 11 is 0. The van der Waals surface area contributed by atoms with Crippen LogP contribution in [0.15, 0.2) is 0 Å². The molecule has 15 heavy (non-hydrogen) atoms. The molecule has 0 amide bonds. The van der Waals surface area contributed by atoms with Crippen molar-refractivity contribution in [2.45, 2.75) is 32.2 Å². The molecule has 0 aromatic heterocycles. The summed E-state index contributed by atoms with van der Waals surface area (Å²) in [6.45, 7) is 3.33. The molecule has 90 valence electrons. The predicted molar refractivity (Wildman–Crippen MR) is 60.5 cm³/mol. The first-order valence-corrected chi connectivity index (χ1v) is 7.39. The zero-order valence-corrected chi connectivity index (χ0v) is 10.1. The van der Waals surface area contributed by atoms with E-state index in [1.54, 1.807) is 0 Å². The lowest BCUT2D eigenvalue weighted by Crippen LogP contribution is -2.29. The van der Waals surface area contributed by atoms with Crippen LogP contribution in [0.1, 0.15) is 26.2 Å². The minimum Gasteiger partial charge on any atom is -0.380 e. The Morgan fingerprint density at radius 2 is 2.27 bits per heavy atom. The Kier molecular flexibility index (Phi) is 5.02. The summed E-state index contributed by atoms with van der Waals surface area (Å²) in [4.78, 5) is 0. The van der Waals surface area contributed by atoms with Crippen LogP contribution in [-0.2, 0) is 14.6 Å². The summed E-state index contributed by atoms with van der Waals surface area (Å²) in [5, 5.41) is 0. The standard InChI is InChI=1S/C10H21NO3S/c1-2-4-14-7-10(11)6-9-3-5-15(12,13)8-9/h9-10H,2-8,11H2,1H3. The molecule has 5 heteroatoms. The molecule has 1 saturated heterocycles. The van der Waals surface area contributed by atoms with Crippen molar-refractivity contribution in [2.75, 3.05) is 24.7 Å². The fraction of sp³-hybridized carbons (Fsp3) is 1.00. The van der Waals surface area contributed by atoms with Crippen molar-refractivity contribution in [1.82, 2.24) is 0 Å². The fourth-order valence-electron chi connectivity index (χ4n) is 1.93. The maximum atomic E-state index is 11.2. The molecular weight excluding hydrogens is 214 g/mol. The van der Waals surface area contributed by atoms with Crippen molar-refractivity contribution >= 4 is 9.84 Å². The van der Waals surface area contributed by atoms with Gasteiger partial charge in [-0.2, -0.15) is 0 Å². The van der Waals surface area contributed by atoms with Crippen LogP contribution in [0.4, 0.5) is 0 Å². The lowest BCUT2D eigenvalue weighted by atomic mass is 10.0. The van der Waals surface area contributed by atoms with E-state index in [1.807, 2.05) is 0 Å². The van der Waals surface area contributed by atoms with Gasteiger partial charge >= 0.3 is 0 Å². The summed E-state index contributed by atoms with van der Waals surface area (Å²) in [5.74, 6) is 0.893. The zero-order chi connectivity index (χ0) is 11.3. The third-order valence-electron chi connectivity index (χ3n) is 2.64. The van der Waals surface area contributed by atoms with Crippen LogP contribution in [0, 0.1) is 5.92 Å². The summed E-state index contributed by atoms with van der Waals surface area (Å²) in [6.07, 6.45) is 2.53. The molecule has 1 heterocycles. The summed E-state index contributed by atoms with van der Waals surface area (Å²) < 4.78 is 27.8. The topological polar surface area (TPSA) is 69.4 Å². The zero-order valence-electron chi connectivity index (χ0n) is 9.31. The van der Waals surface area contributed by atoms with Gasteiger partial charge in [0.15, 0.2) is 9.84 Å². The van der Waals surface area contributed by atoms with E-state index in [0.717, 1.165) is 25.9 Å². The second-order valence-electron chi connectivity index (χ2n) is 4.34. The Bertz CT molecular complexity index is 276. The minimum atomic E-state index is -2.76. The van der Waals surface area contributed by atoms with Gasteiger partial charge in [-0.3, -0.25) is 0 Å². The van der Waals surface area contributed by atoms with Crippen LogP contribution >= 0.6 is 0 Å². The van der Waals surface area contributed by atoms with Crippen molar-refractivity contribution in [2.24, 2.45) is 11.7 Å². The number of hydrogen-bond donors (Lipinski definition) is 1. The van der Waals surface area contributed by atoms with E-state index in [9.17, 15) is 8.42 Å². The van der Waals surface area contributed by atoms with E-state index in [1.165, 1.54) is 0 Å². The van der Waals surface area contributed by atoms with Crippen molar-refractivity contribution < 1.29 is 13.2 Å². The van der Waals surface area contributed by atoms with Crippen molar-refractivity contribution in [3.8, 4) is 0 Å². The molecule has 2 N–H and O–H groups in total. The summed E-state index contributed by atoms with van der Waals surface area (Å²) in [7, 11) is -2.76. The van der Waals surface area contributed by atoms with Crippen LogP contribution < -0.4 is 5.73 Å².